The van der Waals surface area contributed by atoms with Crippen LogP contribution >= 0.6 is 11.3 Å². The number of hydrogen-bond acceptors (Lipinski definition) is 5. The van der Waals surface area contributed by atoms with E-state index in [1.807, 2.05) is 5.38 Å². The van der Waals surface area contributed by atoms with E-state index >= 15 is 0 Å². The number of nitrogens with zero attached hydrogens (tertiary/aromatic N) is 3. The minimum absolute atomic E-state index is 0.523. The predicted molar refractivity (Wildman–Crippen MR) is 81.6 cm³/mol. The molecule has 1 saturated heterocycles. The smallest absolute Gasteiger partial charge is 0.315 e. The maximum Gasteiger partial charge on any atom is 0.315 e. The molecule has 0 spiro atoms. The molecule has 1 fully saturated rings. The lowest BCUT2D eigenvalue weighted by Gasteiger charge is -2.22. The van der Waals surface area contributed by atoms with E-state index in [1.54, 1.807) is 13.8 Å². The fourth-order valence-corrected chi connectivity index (χ4v) is 3.60. The number of anilines is 1. The summed E-state index contributed by atoms with van der Waals surface area (Å²) in [6, 6.07) is 0.523. The molecule has 6 heteroatoms. The van der Waals surface area contributed by atoms with Gasteiger partial charge in [-0.25, -0.2) is 4.98 Å². The number of hydrogen-bond donors (Lipinski definition) is 1. The molecular weight excluding hydrogens is 274 g/mol. The largest absolute Gasteiger partial charge is 0.481 e. The van der Waals surface area contributed by atoms with Gasteiger partial charge < -0.3 is 14.9 Å². The number of rotatable bonds is 4. The maximum atomic E-state index is 11.3. The Bertz CT molecular complexity index is 498. The zero-order valence-electron chi connectivity index (χ0n) is 12.8. The van der Waals surface area contributed by atoms with Gasteiger partial charge in [-0.1, -0.05) is 6.92 Å². The quantitative estimate of drug-likeness (QED) is 0.920. The lowest BCUT2D eigenvalue weighted by atomic mass is 9.90. The van der Waals surface area contributed by atoms with E-state index in [0.29, 0.717) is 17.7 Å². The van der Waals surface area contributed by atoms with Crippen LogP contribution in [0.15, 0.2) is 5.38 Å². The summed E-state index contributed by atoms with van der Waals surface area (Å²) in [4.78, 5) is 20.4. The van der Waals surface area contributed by atoms with Crippen LogP contribution in [0.2, 0.25) is 0 Å². The molecule has 112 valence electrons. The monoisotopic (exact) mass is 297 g/mol. The van der Waals surface area contributed by atoms with E-state index in [-0.39, 0.29) is 0 Å². The summed E-state index contributed by atoms with van der Waals surface area (Å²) < 4.78 is 0. The summed E-state index contributed by atoms with van der Waals surface area (Å²) in [6.45, 7) is 7.57. The highest BCUT2D eigenvalue weighted by atomic mass is 32.1. The number of thiazole rings is 1. The molecule has 0 aromatic carbocycles. The van der Waals surface area contributed by atoms with Crippen LogP contribution in [0.25, 0.3) is 0 Å². The van der Waals surface area contributed by atoms with Crippen molar-refractivity contribution < 1.29 is 9.90 Å². The lowest BCUT2D eigenvalue weighted by molar-refractivity contribution is -0.142. The Balaban J connectivity index is 2.17. The third kappa shape index (κ3) is 2.67. The van der Waals surface area contributed by atoms with E-state index in [0.717, 1.165) is 18.2 Å². The van der Waals surface area contributed by atoms with Crippen molar-refractivity contribution in [1.82, 2.24) is 9.88 Å². The van der Waals surface area contributed by atoms with Crippen LogP contribution in [0.1, 0.15) is 26.5 Å². The second-order valence-electron chi connectivity index (χ2n) is 6.36. The minimum atomic E-state index is -0.930. The van der Waals surface area contributed by atoms with Crippen LogP contribution in [-0.4, -0.2) is 54.2 Å². The van der Waals surface area contributed by atoms with Gasteiger partial charge in [-0.05, 0) is 33.9 Å². The maximum absolute atomic E-state index is 11.3. The number of aromatic nitrogens is 1. The lowest BCUT2D eigenvalue weighted by Crippen LogP contribution is -2.34. The second-order valence-corrected chi connectivity index (χ2v) is 7.20. The molecule has 2 rings (SSSR count). The van der Waals surface area contributed by atoms with Gasteiger partial charge in [-0.15, -0.1) is 11.3 Å². The van der Waals surface area contributed by atoms with Gasteiger partial charge >= 0.3 is 5.97 Å². The standard InChI is InChI=1S/C14H23N3O2S/c1-9-6-17(7-10(9)16(4)5)13-15-11(8-20-13)14(2,3)12(18)19/h8-10H,6-7H2,1-5H3,(H,18,19). The highest BCUT2D eigenvalue weighted by Gasteiger charge is 2.35. The third-order valence-corrected chi connectivity index (χ3v) is 5.07. The summed E-state index contributed by atoms with van der Waals surface area (Å²) in [5.41, 5.74) is -0.285. The van der Waals surface area contributed by atoms with Crippen molar-refractivity contribution in [3.05, 3.63) is 11.1 Å². The van der Waals surface area contributed by atoms with Crippen molar-refractivity contribution in [2.45, 2.75) is 32.2 Å². The molecule has 1 aliphatic heterocycles. The summed E-state index contributed by atoms with van der Waals surface area (Å²) in [6.07, 6.45) is 0. The van der Waals surface area contributed by atoms with Gasteiger partial charge in [-0.2, -0.15) is 0 Å². The fraction of sp³-hybridized carbons (Fsp3) is 0.714. The molecule has 2 unspecified atom stereocenters. The number of likely N-dealkylation sites (N-methyl/N-ethyl adjacent to an activating group) is 1. The Morgan fingerprint density at radius 2 is 2.15 bits per heavy atom. The highest BCUT2D eigenvalue weighted by Crippen LogP contribution is 2.32. The normalized spacial score (nSPS) is 23.6. The van der Waals surface area contributed by atoms with Gasteiger partial charge in [0.2, 0.25) is 0 Å². The van der Waals surface area contributed by atoms with Gasteiger partial charge in [0.05, 0.1) is 5.69 Å². The van der Waals surface area contributed by atoms with Crippen LogP contribution in [-0.2, 0) is 10.2 Å². The average molecular weight is 297 g/mol. The van der Waals surface area contributed by atoms with E-state index < -0.39 is 11.4 Å². The van der Waals surface area contributed by atoms with Gasteiger partial charge in [0.1, 0.15) is 5.41 Å². The summed E-state index contributed by atoms with van der Waals surface area (Å²) >= 11 is 1.54. The summed E-state index contributed by atoms with van der Waals surface area (Å²) in [7, 11) is 4.21. The molecule has 5 nitrogen and oxygen atoms in total. The molecule has 1 aromatic rings. The Labute approximate surface area is 124 Å². The third-order valence-electron chi connectivity index (χ3n) is 4.17. The molecule has 20 heavy (non-hydrogen) atoms. The van der Waals surface area contributed by atoms with Gasteiger partial charge in [-0.3, -0.25) is 4.79 Å². The van der Waals surface area contributed by atoms with E-state index in [9.17, 15) is 9.90 Å². The Hall–Kier alpha value is -1.14. The fourth-order valence-electron chi connectivity index (χ4n) is 2.58. The van der Waals surface area contributed by atoms with Crippen molar-refractivity contribution >= 4 is 22.4 Å². The van der Waals surface area contributed by atoms with E-state index in [4.69, 9.17) is 0 Å². The molecular formula is C14H23N3O2S. The van der Waals surface area contributed by atoms with Crippen LogP contribution < -0.4 is 4.90 Å². The Kier molecular flexibility index (Phi) is 4.07. The molecule has 1 N–H and O–H groups in total. The molecule has 0 amide bonds. The zero-order chi connectivity index (χ0) is 15.1. The molecule has 1 aliphatic rings. The van der Waals surface area contributed by atoms with Crippen molar-refractivity contribution in [2.75, 3.05) is 32.1 Å². The first kappa shape index (κ1) is 15.3. The molecule has 0 saturated carbocycles. The first-order valence-corrected chi connectivity index (χ1v) is 7.72. The first-order chi connectivity index (χ1) is 9.23. The number of carboxylic acid groups (broad SMARTS) is 1. The van der Waals surface area contributed by atoms with Crippen LogP contribution in [0.4, 0.5) is 5.13 Å². The molecule has 2 atom stereocenters. The Morgan fingerprint density at radius 3 is 2.65 bits per heavy atom. The van der Waals surface area contributed by atoms with Gasteiger partial charge in [0, 0.05) is 24.5 Å². The topological polar surface area (TPSA) is 56.7 Å². The minimum Gasteiger partial charge on any atom is -0.481 e. The Morgan fingerprint density at radius 1 is 1.50 bits per heavy atom. The zero-order valence-corrected chi connectivity index (χ0v) is 13.6. The molecule has 0 radical (unpaired) electrons. The highest BCUT2D eigenvalue weighted by molar-refractivity contribution is 7.13. The number of aliphatic carboxylic acids is 1. The van der Waals surface area contributed by atoms with Crippen molar-refractivity contribution in [1.29, 1.82) is 0 Å². The predicted octanol–water partition coefficient (Wildman–Crippen LogP) is 1.89. The SMILES string of the molecule is CC1CN(c2nc(C(C)(C)C(=O)O)cs2)CC1N(C)C. The summed E-state index contributed by atoms with van der Waals surface area (Å²) in [5.74, 6) is -0.250. The molecule has 0 aliphatic carbocycles. The van der Waals surface area contributed by atoms with Crippen molar-refractivity contribution in [3.8, 4) is 0 Å². The van der Waals surface area contributed by atoms with E-state index in [1.165, 1.54) is 11.3 Å². The summed E-state index contributed by atoms with van der Waals surface area (Å²) in [5, 5.41) is 12.1. The van der Waals surface area contributed by atoms with Crippen LogP contribution in [0.3, 0.4) is 0 Å². The van der Waals surface area contributed by atoms with Gasteiger partial charge in [0.25, 0.3) is 0 Å². The second kappa shape index (κ2) is 5.33. The van der Waals surface area contributed by atoms with Crippen molar-refractivity contribution in [3.63, 3.8) is 0 Å². The van der Waals surface area contributed by atoms with Gasteiger partial charge in [0.15, 0.2) is 5.13 Å². The van der Waals surface area contributed by atoms with Crippen LogP contribution in [0, 0.1) is 5.92 Å². The molecule has 2 heterocycles. The molecule has 1 aromatic heterocycles. The van der Waals surface area contributed by atoms with E-state index in [2.05, 4.69) is 35.8 Å². The number of carboxylic acids is 1. The molecule has 0 bridgehead atoms. The van der Waals surface area contributed by atoms with Crippen molar-refractivity contribution in [2.24, 2.45) is 5.92 Å². The van der Waals surface area contributed by atoms with Crippen LogP contribution in [0.5, 0.6) is 0 Å². The first-order valence-electron chi connectivity index (χ1n) is 6.84. The average Bonchev–Trinajstić information content (AvgIpc) is 2.94. The number of carbonyl (C=O) groups is 1.